The molecule has 0 spiro atoms. The van der Waals surface area contributed by atoms with Gasteiger partial charge in [-0.25, -0.2) is 0 Å². The van der Waals surface area contributed by atoms with Crippen LogP contribution in [0, 0.1) is 5.92 Å². The fourth-order valence-electron chi connectivity index (χ4n) is 2.63. The van der Waals surface area contributed by atoms with E-state index in [1.807, 2.05) is 6.07 Å². The Balaban J connectivity index is 1.97. The van der Waals surface area contributed by atoms with Crippen molar-refractivity contribution in [3.8, 4) is 5.75 Å². The summed E-state index contributed by atoms with van der Waals surface area (Å²) in [7, 11) is 1.73. The van der Waals surface area contributed by atoms with Crippen molar-refractivity contribution in [3.63, 3.8) is 0 Å². The van der Waals surface area contributed by atoms with Crippen molar-refractivity contribution in [1.29, 1.82) is 0 Å². The molecular formula is C16H25NO. The summed E-state index contributed by atoms with van der Waals surface area (Å²) >= 11 is 0. The lowest BCUT2D eigenvalue weighted by Gasteiger charge is -2.34. The van der Waals surface area contributed by atoms with Crippen LogP contribution in [0.1, 0.15) is 38.2 Å². The van der Waals surface area contributed by atoms with Crippen LogP contribution in [0.5, 0.6) is 5.75 Å². The van der Waals surface area contributed by atoms with Gasteiger partial charge in [0.25, 0.3) is 0 Å². The van der Waals surface area contributed by atoms with Crippen molar-refractivity contribution in [2.45, 2.75) is 45.1 Å². The second-order valence-electron chi connectivity index (χ2n) is 5.31. The van der Waals surface area contributed by atoms with E-state index in [0.29, 0.717) is 6.04 Å². The Hall–Kier alpha value is -1.02. The molecule has 1 fully saturated rings. The van der Waals surface area contributed by atoms with Crippen molar-refractivity contribution < 1.29 is 4.74 Å². The second kappa shape index (κ2) is 6.79. The van der Waals surface area contributed by atoms with E-state index < -0.39 is 0 Å². The quantitative estimate of drug-likeness (QED) is 0.797. The summed E-state index contributed by atoms with van der Waals surface area (Å²) in [6.07, 6.45) is 6.53. The van der Waals surface area contributed by atoms with Crippen LogP contribution in [-0.2, 0) is 6.42 Å². The molecule has 0 amide bonds. The summed E-state index contributed by atoms with van der Waals surface area (Å²) in [5, 5.41) is 3.72. The van der Waals surface area contributed by atoms with Crippen molar-refractivity contribution in [3.05, 3.63) is 29.8 Å². The number of nitrogens with one attached hydrogen (secondary N) is 1. The van der Waals surface area contributed by atoms with Crippen LogP contribution in [0.15, 0.2) is 24.3 Å². The number of methoxy groups -OCH3 is 1. The molecule has 0 radical (unpaired) electrons. The third-order valence-corrected chi connectivity index (χ3v) is 3.97. The monoisotopic (exact) mass is 247 g/mol. The minimum absolute atomic E-state index is 0.644. The van der Waals surface area contributed by atoms with Crippen LogP contribution in [0.3, 0.4) is 0 Å². The summed E-state index contributed by atoms with van der Waals surface area (Å²) < 4.78 is 5.30. The van der Waals surface area contributed by atoms with Gasteiger partial charge in [0.15, 0.2) is 0 Å². The molecule has 1 saturated carbocycles. The summed E-state index contributed by atoms with van der Waals surface area (Å²) in [6.45, 7) is 3.36. The summed E-state index contributed by atoms with van der Waals surface area (Å²) in [5.41, 5.74) is 1.38. The van der Waals surface area contributed by atoms with Crippen LogP contribution in [-0.4, -0.2) is 19.7 Å². The van der Waals surface area contributed by atoms with E-state index in [0.717, 1.165) is 24.6 Å². The largest absolute Gasteiger partial charge is 0.497 e. The molecule has 0 aliphatic heterocycles. The van der Waals surface area contributed by atoms with Crippen LogP contribution in [0.4, 0.5) is 0 Å². The van der Waals surface area contributed by atoms with Crippen molar-refractivity contribution in [2.75, 3.05) is 13.7 Å². The molecule has 1 aromatic carbocycles. The molecule has 100 valence electrons. The van der Waals surface area contributed by atoms with E-state index in [2.05, 4.69) is 30.4 Å². The first kappa shape index (κ1) is 13.4. The number of ether oxygens (including phenoxy) is 1. The Morgan fingerprint density at radius 3 is 2.83 bits per heavy atom. The lowest BCUT2D eigenvalue weighted by atomic mass is 9.77. The minimum atomic E-state index is 0.644. The zero-order valence-corrected chi connectivity index (χ0v) is 11.6. The van der Waals surface area contributed by atoms with Crippen LogP contribution in [0.2, 0.25) is 0 Å². The van der Waals surface area contributed by atoms with Gasteiger partial charge in [-0.1, -0.05) is 25.5 Å². The molecule has 2 heteroatoms. The molecule has 1 unspecified atom stereocenters. The van der Waals surface area contributed by atoms with Gasteiger partial charge >= 0.3 is 0 Å². The third kappa shape index (κ3) is 3.49. The maximum absolute atomic E-state index is 5.30. The number of benzene rings is 1. The van der Waals surface area contributed by atoms with Crippen molar-refractivity contribution in [2.24, 2.45) is 5.92 Å². The maximum Gasteiger partial charge on any atom is 0.119 e. The van der Waals surface area contributed by atoms with Gasteiger partial charge in [0, 0.05) is 6.04 Å². The molecule has 0 bridgehead atoms. The molecule has 18 heavy (non-hydrogen) atoms. The van der Waals surface area contributed by atoms with E-state index in [4.69, 9.17) is 4.74 Å². The number of hydrogen-bond donors (Lipinski definition) is 1. The highest BCUT2D eigenvalue weighted by Gasteiger charge is 2.26. The first-order valence-electron chi connectivity index (χ1n) is 7.19. The second-order valence-corrected chi connectivity index (χ2v) is 5.31. The molecule has 1 aliphatic rings. The van der Waals surface area contributed by atoms with Gasteiger partial charge in [-0.3, -0.25) is 0 Å². The first-order chi connectivity index (χ1) is 8.83. The van der Waals surface area contributed by atoms with Crippen molar-refractivity contribution >= 4 is 0 Å². The Kier molecular flexibility index (Phi) is 5.06. The normalized spacial score (nSPS) is 17.2. The molecule has 1 N–H and O–H groups in total. The number of rotatable bonds is 7. The van der Waals surface area contributed by atoms with Crippen molar-refractivity contribution in [1.82, 2.24) is 5.32 Å². The molecule has 1 atom stereocenters. The van der Waals surface area contributed by atoms with E-state index in [1.165, 1.54) is 31.2 Å². The van der Waals surface area contributed by atoms with Gasteiger partial charge in [-0.15, -0.1) is 0 Å². The van der Waals surface area contributed by atoms with Gasteiger partial charge in [-0.05, 0) is 55.8 Å². The fraction of sp³-hybridized carbons (Fsp3) is 0.625. The van der Waals surface area contributed by atoms with E-state index >= 15 is 0 Å². The molecule has 0 heterocycles. The fourth-order valence-corrected chi connectivity index (χ4v) is 2.63. The topological polar surface area (TPSA) is 21.3 Å². The average molecular weight is 247 g/mol. The summed E-state index contributed by atoms with van der Waals surface area (Å²) in [4.78, 5) is 0. The highest BCUT2D eigenvalue weighted by Crippen LogP contribution is 2.31. The van der Waals surface area contributed by atoms with Gasteiger partial charge < -0.3 is 10.1 Å². The third-order valence-electron chi connectivity index (χ3n) is 3.97. The zero-order valence-electron chi connectivity index (χ0n) is 11.6. The van der Waals surface area contributed by atoms with Gasteiger partial charge in [0.2, 0.25) is 0 Å². The Morgan fingerprint density at radius 2 is 2.22 bits per heavy atom. The zero-order chi connectivity index (χ0) is 12.8. The highest BCUT2D eigenvalue weighted by atomic mass is 16.5. The Morgan fingerprint density at radius 1 is 1.39 bits per heavy atom. The standard InChI is InChI=1S/C16H25NO/c1-3-10-17-16(14-7-5-8-14)12-13-6-4-9-15(11-13)18-2/h4,6,9,11,14,16-17H,3,5,7-8,10,12H2,1-2H3. The van der Waals surface area contributed by atoms with Crippen LogP contribution in [0.25, 0.3) is 0 Å². The molecule has 0 aromatic heterocycles. The molecule has 2 rings (SSSR count). The number of hydrogen-bond acceptors (Lipinski definition) is 2. The molecular weight excluding hydrogens is 222 g/mol. The molecule has 0 saturated heterocycles. The van der Waals surface area contributed by atoms with E-state index in [9.17, 15) is 0 Å². The SMILES string of the molecule is CCCNC(Cc1cccc(OC)c1)C1CCC1. The smallest absolute Gasteiger partial charge is 0.119 e. The molecule has 2 nitrogen and oxygen atoms in total. The van der Waals surface area contributed by atoms with E-state index in [1.54, 1.807) is 7.11 Å². The Labute approximate surface area is 111 Å². The van der Waals surface area contributed by atoms with Gasteiger partial charge in [0.1, 0.15) is 5.75 Å². The molecule has 1 aliphatic carbocycles. The highest BCUT2D eigenvalue weighted by molar-refractivity contribution is 5.29. The van der Waals surface area contributed by atoms with Gasteiger partial charge in [-0.2, -0.15) is 0 Å². The Bertz CT molecular complexity index is 360. The predicted molar refractivity (Wildman–Crippen MR) is 76.1 cm³/mol. The predicted octanol–water partition coefficient (Wildman–Crippen LogP) is 3.41. The van der Waals surface area contributed by atoms with Crippen LogP contribution < -0.4 is 10.1 Å². The first-order valence-corrected chi connectivity index (χ1v) is 7.19. The molecule has 1 aromatic rings. The lowest BCUT2D eigenvalue weighted by Crippen LogP contribution is -2.41. The van der Waals surface area contributed by atoms with E-state index in [-0.39, 0.29) is 0 Å². The summed E-state index contributed by atoms with van der Waals surface area (Å²) in [6, 6.07) is 9.12. The lowest BCUT2D eigenvalue weighted by molar-refractivity contribution is 0.227. The maximum atomic E-state index is 5.30. The van der Waals surface area contributed by atoms with Gasteiger partial charge in [0.05, 0.1) is 7.11 Å². The average Bonchev–Trinajstić information content (AvgIpc) is 2.34. The van der Waals surface area contributed by atoms with Crippen LogP contribution >= 0.6 is 0 Å². The minimum Gasteiger partial charge on any atom is -0.497 e. The summed E-state index contributed by atoms with van der Waals surface area (Å²) in [5.74, 6) is 1.85.